The summed E-state index contributed by atoms with van der Waals surface area (Å²) in [7, 11) is 0. The molecule has 0 aliphatic rings. The number of aryl methyl sites for hydroxylation is 1. The highest BCUT2D eigenvalue weighted by Gasteiger charge is 1.99. The van der Waals surface area contributed by atoms with Gasteiger partial charge in [-0.15, -0.1) is 24.0 Å². The molecule has 1 N–H and O–H groups in total. The van der Waals surface area contributed by atoms with Gasteiger partial charge in [0, 0.05) is 12.3 Å². The fraction of sp³-hybridized carbons (Fsp3) is 0.222. The third-order valence-corrected chi connectivity index (χ3v) is 1.96. The second kappa shape index (κ2) is 4.49. The molecule has 2 nitrogen and oxygen atoms in total. The van der Waals surface area contributed by atoms with Crippen LogP contribution < -0.4 is 0 Å². The van der Waals surface area contributed by atoms with E-state index in [0.29, 0.717) is 5.88 Å². The highest BCUT2D eigenvalue weighted by molar-refractivity contribution is 6.17. The first kappa shape index (κ1) is 10.4. The van der Waals surface area contributed by atoms with Gasteiger partial charge in [0.05, 0.1) is 11.0 Å². The van der Waals surface area contributed by atoms with E-state index in [1.165, 1.54) is 0 Å². The number of aromatic nitrogens is 2. The van der Waals surface area contributed by atoms with Gasteiger partial charge in [-0.25, -0.2) is 4.98 Å². The summed E-state index contributed by atoms with van der Waals surface area (Å²) < 4.78 is 0. The number of rotatable bonds is 2. The second-order valence-corrected chi connectivity index (χ2v) is 3.02. The van der Waals surface area contributed by atoms with Crippen LogP contribution in [0.3, 0.4) is 0 Å². The Balaban J connectivity index is 0.000000845. The first-order valence-corrected chi connectivity index (χ1v) is 4.43. The fourth-order valence-electron chi connectivity index (χ4n) is 1.21. The number of nitrogens with one attached hydrogen (secondary N) is 1. The van der Waals surface area contributed by atoms with Crippen molar-refractivity contribution in [2.75, 3.05) is 5.88 Å². The van der Waals surface area contributed by atoms with Gasteiger partial charge in [0.2, 0.25) is 0 Å². The number of nitrogens with zero attached hydrogens (tertiary/aromatic N) is 1. The van der Waals surface area contributed by atoms with Crippen molar-refractivity contribution in [3.05, 3.63) is 30.1 Å². The minimum absolute atomic E-state index is 0. The van der Waals surface area contributed by atoms with Crippen molar-refractivity contribution in [1.82, 2.24) is 9.97 Å². The minimum atomic E-state index is 0. The Labute approximate surface area is 87.7 Å². The van der Waals surface area contributed by atoms with Crippen molar-refractivity contribution >= 4 is 35.0 Å². The van der Waals surface area contributed by atoms with Crippen LogP contribution in [0.1, 0.15) is 5.82 Å². The maximum absolute atomic E-state index is 5.60. The molecule has 0 bridgehead atoms. The Morgan fingerprint density at radius 1 is 1.31 bits per heavy atom. The summed E-state index contributed by atoms with van der Waals surface area (Å²) in [6, 6.07) is 7.97. The fourth-order valence-corrected chi connectivity index (χ4v) is 1.39. The second-order valence-electron chi connectivity index (χ2n) is 2.64. The van der Waals surface area contributed by atoms with E-state index in [1.807, 2.05) is 24.3 Å². The van der Waals surface area contributed by atoms with Gasteiger partial charge in [-0.1, -0.05) is 12.1 Å². The zero-order valence-corrected chi connectivity index (χ0v) is 8.53. The lowest BCUT2D eigenvalue weighted by Crippen LogP contribution is -1.87. The molecule has 2 rings (SSSR count). The van der Waals surface area contributed by atoms with Crippen LogP contribution in [0.25, 0.3) is 11.0 Å². The van der Waals surface area contributed by atoms with Crippen LogP contribution in [0.4, 0.5) is 0 Å². The van der Waals surface area contributed by atoms with E-state index in [1.54, 1.807) is 0 Å². The summed E-state index contributed by atoms with van der Waals surface area (Å²) in [5.74, 6) is 1.58. The Morgan fingerprint density at radius 2 is 2.08 bits per heavy atom. The molecule has 0 radical (unpaired) electrons. The summed E-state index contributed by atoms with van der Waals surface area (Å²) in [5.41, 5.74) is 2.09. The molecule has 0 saturated heterocycles. The summed E-state index contributed by atoms with van der Waals surface area (Å²) in [6.07, 6.45) is 0.802. The van der Waals surface area contributed by atoms with Crippen molar-refractivity contribution < 1.29 is 0 Å². The van der Waals surface area contributed by atoms with Crippen molar-refractivity contribution in [2.24, 2.45) is 0 Å². The molecule has 0 atom stereocenters. The standard InChI is InChI=1S/C9H9ClN2.ClH/c10-6-5-9-11-7-3-1-2-4-8(7)12-9;/h1-4H,5-6H2,(H,11,12);1H. The molecular formula is C9H10Cl2N2. The van der Waals surface area contributed by atoms with Gasteiger partial charge in [0.25, 0.3) is 0 Å². The lowest BCUT2D eigenvalue weighted by molar-refractivity contribution is 1.01. The van der Waals surface area contributed by atoms with Gasteiger partial charge in [0.1, 0.15) is 5.82 Å². The molecule has 0 fully saturated rings. The predicted octanol–water partition coefficient (Wildman–Crippen LogP) is 2.77. The summed E-state index contributed by atoms with van der Waals surface area (Å²) in [4.78, 5) is 7.56. The largest absolute Gasteiger partial charge is 0.342 e. The number of halogens is 2. The van der Waals surface area contributed by atoms with E-state index in [2.05, 4.69) is 9.97 Å². The number of H-pyrrole nitrogens is 1. The molecular weight excluding hydrogens is 207 g/mol. The van der Waals surface area contributed by atoms with E-state index in [0.717, 1.165) is 23.3 Å². The van der Waals surface area contributed by atoms with Gasteiger partial charge in [-0.2, -0.15) is 0 Å². The molecule has 1 aromatic heterocycles. The molecule has 13 heavy (non-hydrogen) atoms. The normalized spacial score (nSPS) is 9.92. The molecule has 0 saturated carbocycles. The zero-order valence-electron chi connectivity index (χ0n) is 6.96. The van der Waals surface area contributed by atoms with Gasteiger partial charge < -0.3 is 4.98 Å². The average molecular weight is 217 g/mol. The highest BCUT2D eigenvalue weighted by atomic mass is 35.5. The van der Waals surface area contributed by atoms with Crippen LogP contribution in [-0.4, -0.2) is 15.8 Å². The first-order valence-electron chi connectivity index (χ1n) is 3.90. The third-order valence-electron chi connectivity index (χ3n) is 1.77. The average Bonchev–Trinajstić information content (AvgIpc) is 2.47. The Morgan fingerprint density at radius 3 is 2.77 bits per heavy atom. The van der Waals surface area contributed by atoms with E-state index in [-0.39, 0.29) is 12.4 Å². The molecule has 0 spiro atoms. The number of alkyl halides is 1. The van der Waals surface area contributed by atoms with Crippen LogP contribution in [0.2, 0.25) is 0 Å². The lowest BCUT2D eigenvalue weighted by Gasteiger charge is -1.85. The molecule has 1 aromatic carbocycles. The first-order chi connectivity index (χ1) is 5.90. The number of imidazole rings is 1. The number of hydrogen-bond donors (Lipinski definition) is 1. The van der Waals surface area contributed by atoms with Crippen LogP contribution in [0, 0.1) is 0 Å². The zero-order chi connectivity index (χ0) is 8.39. The number of benzene rings is 1. The van der Waals surface area contributed by atoms with Crippen molar-refractivity contribution in [1.29, 1.82) is 0 Å². The van der Waals surface area contributed by atoms with Crippen LogP contribution in [0.5, 0.6) is 0 Å². The molecule has 70 valence electrons. The van der Waals surface area contributed by atoms with Crippen molar-refractivity contribution in [2.45, 2.75) is 6.42 Å². The SMILES string of the molecule is Cl.ClCCc1nc2ccccc2[nH]1. The minimum Gasteiger partial charge on any atom is -0.342 e. The molecule has 0 aliphatic carbocycles. The van der Waals surface area contributed by atoms with Gasteiger partial charge >= 0.3 is 0 Å². The molecule has 1 heterocycles. The topological polar surface area (TPSA) is 28.7 Å². The van der Waals surface area contributed by atoms with Crippen molar-refractivity contribution in [3.63, 3.8) is 0 Å². The van der Waals surface area contributed by atoms with Crippen LogP contribution >= 0.6 is 24.0 Å². The number of fused-ring (bicyclic) bond motifs is 1. The number of para-hydroxylation sites is 2. The molecule has 0 unspecified atom stereocenters. The van der Waals surface area contributed by atoms with Gasteiger partial charge in [-0.05, 0) is 12.1 Å². The van der Waals surface area contributed by atoms with Crippen LogP contribution in [0.15, 0.2) is 24.3 Å². The van der Waals surface area contributed by atoms with E-state index in [4.69, 9.17) is 11.6 Å². The van der Waals surface area contributed by atoms with E-state index >= 15 is 0 Å². The number of hydrogen-bond acceptors (Lipinski definition) is 1. The molecule has 4 heteroatoms. The van der Waals surface area contributed by atoms with Gasteiger partial charge in [0.15, 0.2) is 0 Å². The lowest BCUT2D eigenvalue weighted by atomic mass is 10.3. The Hall–Kier alpha value is -0.730. The summed E-state index contributed by atoms with van der Waals surface area (Å²) in [5, 5.41) is 0. The van der Waals surface area contributed by atoms with E-state index < -0.39 is 0 Å². The predicted molar refractivity (Wildman–Crippen MR) is 57.8 cm³/mol. The monoisotopic (exact) mass is 216 g/mol. The van der Waals surface area contributed by atoms with Gasteiger partial charge in [-0.3, -0.25) is 0 Å². The third kappa shape index (κ3) is 2.14. The van der Waals surface area contributed by atoms with Crippen LogP contribution in [-0.2, 0) is 6.42 Å². The number of aromatic amines is 1. The van der Waals surface area contributed by atoms with E-state index in [9.17, 15) is 0 Å². The molecule has 0 amide bonds. The maximum Gasteiger partial charge on any atom is 0.108 e. The summed E-state index contributed by atoms with van der Waals surface area (Å²) >= 11 is 5.60. The highest BCUT2D eigenvalue weighted by Crippen LogP contribution is 2.10. The Bertz CT molecular complexity index is 351. The van der Waals surface area contributed by atoms with Crippen molar-refractivity contribution in [3.8, 4) is 0 Å². The smallest absolute Gasteiger partial charge is 0.108 e. The molecule has 2 aromatic rings. The molecule has 0 aliphatic heterocycles. The maximum atomic E-state index is 5.60. The summed E-state index contributed by atoms with van der Waals surface area (Å²) in [6.45, 7) is 0. The Kier molecular flexibility index (Phi) is 3.58. The quantitative estimate of drug-likeness (QED) is 0.769.